The van der Waals surface area contributed by atoms with Gasteiger partial charge in [-0.2, -0.15) is 26.3 Å². The molecule has 3 N–H and O–H groups in total. The van der Waals surface area contributed by atoms with Crippen LogP contribution in [0, 0.1) is 5.92 Å². The van der Waals surface area contributed by atoms with Crippen molar-refractivity contribution in [3.05, 3.63) is 89.0 Å². The minimum atomic E-state index is -4.51. The van der Waals surface area contributed by atoms with E-state index < -0.39 is 41.7 Å². The standard InChI is InChI=1S/C33H36F6N4O4/c1-20-16-43(21(2)19-44)30(45)15-23-14-27(41-31(46)40-26-10-8-25(9-11-26)33(37,38)39)12-13-28(23)47-29(20)18-42(3)17-22-4-6-24(7-5-22)32(34,35)36/h4-14,20-21,29,44H,15-19H2,1-3H3,(H2,40,41,46)/t20-,21+,29+/m1/s1. The zero-order valence-electron chi connectivity index (χ0n) is 26.0. The van der Waals surface area contributed by atoms with Gasteiger partial charge in [0, 0.05) is 42.5 Å². The maximum atomic E-state index is 13.5. The van der Waals surface area contributed by atoms with Crippen molar-refractivity contribution in [1.29, 1.82) is 0 Å². The minimum Gasteiger partial charge on any atom is -0.488 e. The molecule has 0 aliphatic carbocycles. The molecule has 47 heavy (non-hydrogen) atoms. The number of anilines is 2. The fraction of sp³-hybridized carbons (Fsp3) is 0.394. The molecule has 1 aliphatic heterocycles. The van der Waals surface area contributed by atoms with E-state index in [0.29, 0.717) is 35.7 Å². The second-order valence-electron chi connectivity index (χ2n) is 11.8. The summed E-state index contributed by atoms with van der Waals surface area (Å²) in [4.78, 5) is 29.6. The van der Waals surface area contributed by atoms with Crippen molar-refractivity contribution in [1.82, 2.24) is 9.80 Å². The van der Waals surface area contributed by atoms with Crippen LogP contribution in [0.2, 0.25) is 0 Å². The molecule has 1 heterocycles. The van der Waals surface area contributed by atoms with Crippen LogP contribution < -0.4 is 15.4 Å². The summed E-state index contributed by atoms with van der Waals surface area (Å²) >= 11 is 0. The molecule has 3 amide bonds. The lowest BCUT2D eigenvalue weighted by molar-refractivity contribution is -0.138. The number of amides is 3. The Morgan fingerprint density at radius 3 is 2.09 bits per heavy atom. The van der Waals surface area contributed by atoms with Crippen molar-refractivity contribution in [2.45, 2.75) is 51.3 Å². The lowest BCUT2D eigenvalue weighted by atomic mass is 10.0. The van der Waals surface area contributed by atoms with E-state index in [1.165, 1.54) is 12.1 Å². The van der Waals surface area contributed by atoms with E-state index in [1.807, 2.05) is 18.9 Å². The number of ether oxygens (including phenoxy) is 1. The maximum absolute atomic E-state index is 13.5. The third-order valence-corrected chi connectivity index (χ3v) is 7.87. The summed E-state index contributed by atoms with van der Waals surface area (Å²) in [5.41, 5.74) is -0.0112. The van der Waals surface area contributed by atoms with E-state index in [4.69, 9.17) is 4.74 Å². The molecule has 4 rings (SSSR count). The number of hydrogen-bond donors (Lipinski definition) is 3. The first kappa shape index (κ1) is 35.6. The summed E-state index contributed by atoms with van der Waals surface area (Å²) < 4.78 is 84.0. The Labute approximate surface area is 268 Å². The van der Waals surface area contributed by atoms with E-state index in [9.17, 15) is 41.0 Å². The number of fused-ring (bicyclic) bond motifs is 1. The van der Waals surface area contributed by atoms with Crippen molar-refractivity contribution in [3.8, 4) is 5.75 Å². The molecule has 0 fully saturated rings. The van der Waals surface area contributed by atoms with E-state index in [2.05, 4.69) is 10.6 Å². The Morgan fingerprint density at radius 2 is 1.51 bits per heavy atom. The SMILES string of the molecule is C[C@@H]1CN([C@@H](C)CO)C(=O)Cc2cc(NC(=O)Nc3ccc(C(F)(F)F)cc3)ccc2O[C@H]1CN(C)Cc1ccc(C(F)(F)F)cc1. The molecule has 0 radical (unpaired) electrons. The number of rotatable bonds is 8. The molecule has 254 valence electrons. The first-order valence-electron chi connectivity index (χ1n) is 14.8. The molecule has 0 unspecified atom stereocenters. The highest BCUT2D eigenvalue weighted by Gasteiger charge is 2.33. The quantitative estimate of drug-likeness (QED) is 0.234. The van der Waals surface area contributed by atoms with Crippen LogP contribution in [0.15, 0.2) is 66.7 Å². The second-order valence-corrected chi connectivity index (χ2v) is 11.8. The van der Waals surface area contributed by atoms with Gasteiger partial charge in [-0.05, 0) is 74.1 Å². The number of nitrogens with zero attached hydrogens (tertiary/aromatic N) is 2. The van der Waals surface area contributed by atoms with E-state index in [-0.39, 0.29) is 37.1 Å². The summed E-state index contributed by atoms with van der Waals surface area (Å²) in [6, 6.07) is 12.4. The number of carbonyl (C=O) groups is 2. The number of hydrogen-bond acceptors (Lipinski definition) is 5. The number of nitrogens with one attached hydrogen (secondary N) is 2. The number of aliphatic hydroxyl groups is 1. The van der Waals surface area contributed by atoms with Gasteiger partial charge in [0.25, 0.3) is 0 Å². The fourth-order valence-corrected chi connectivity index (χ4v) is 5.24. The summed E-state index contributed by atoms with van der Waals surface area (Å²) in [7, 11) is 1.81. The van der Waals surface area contributed by atoms with E-state index in [1.54, 1.807) is 30.0 Å². The molecule has 3 aromatic carbocycles. The number of aliphatic hydroxyl groups excluding tert-OH is 1. The highest BCUT2D eigenvalue weighted by Crippen LogP contribution is 2.32. The molecular formula is C33H36F6N4O4. The number of likely N-dealkylation sites (N-methyl/N-ethyl adjacent to an activating group) is 1. The molecule has 3 atom stereocenters. The molecule has 0 saturated carbocycles. The van der Waals surface area contributed by atoms with Gasteiger partial charge in [-0.25, -0.2) is 4.79 Å². The Balaban J connectivity index is 1.52. The first-order chi connectivity index (χ1) is 22.0. The highest BCUT2D eigenvalue weighted by atomic mass is 19.4. The van der Waals surface area contributed by atoms with Crippen molar-refractivity contribution < 1.29 is 45.8 Å². The molecule has 0 spiro atoms. The average molecular weight is 667 g/mol. The number of carbonyl (C=O) groups excluding carboxylic acids is 2. The third kappa shape index (κ3) is 9.61. The van der Waals surface area contributed by atoms with Gasteiger partial charge in [0.2, 0.25) is 5.91 Å². The van der Waals surface area contributed by atoms with Gasteiger partial charge in [-0.3, -0.25) is 9.69 Å². The second kappa shape index (κ2) is 14.6. The first-order valence-corrected chi connectivity index (χ1v) is 14.8. The molecular weight excluding hydrogens is 630 g/mol. The maximum Gasteiger partial charge on any atom is 0.416 e. The van der Waals surface area contributed by atoms with E-state index in [0.717, 1.165) is 36.4 Å². The van der Waals surface area contributed by atoms with Gasteiger partial charge in [-0.15, -0.1) is 0 Å². The molecule has 0 aromatic heterocycles. The Morgan fingerprint density at radius 1 is 0.957 bits per heavy atom. The summed E-state index contributed by atoms with van der Waals surface area (Å²) in [5, 5.41) is 15.0. The summed E-state index contributed by atoms with van der Waals surface area (Å²) in [5.74, 6) is -0.0973. The van der Waals surface area contributed by atoms with Gasteiger partial charge >= 0.3 is 18.4 Å². The number of alkyl halides is 6. The smallest absolute Gasteiger partial charge is 0.416 e. The predicted octanol–water partition coefficient (Wildman–Crippen LogP) is 6.65. The third-order valence-electron chi connectivity index (χ3n) is 7.87. The molecule has 3 aromatic rings. The van der Waals surface area contributed by atoms with Crippen LogP contribution in [0.5, 0.6) is 5.75 Å². The van der Waals surface area contributed by atoms with E-state index >= 15 is 0 Å². The molecule has 0 saturated heterocycles. The highest BCUT2D eigenvalue weighted by molar-refractivity contribution is 6.00. The van der Waals surface area contributed by atoms with Gasteiger partial charge in [-0.1, -0.05) is 19.1 Å². The van der Waals surface area contributed by atoms with Gasteiger partial charge in [0.05, 0.1) is 30.2 Å². The fourth-order valence-electron chi connectivity index (χ4n) is 5.24. The van der Waals surface area contributed by atoms with Crippen LogP contribution in [-0.2, 0) is 30.1 Å². The Bertz CT molecular complexity index is 1530. The average Bonchev–Trinajstić information content (AvgIpc) is 3.03. The number of halogens is 6. The monoisotopic (exact) mass is 666 g/mol. The normalized spacial score (nSPS) is 18.0. The minimum absolute atomic E-state index is 0.101. The Hall–Kier alpha value is -4.30. The summed E-state index contributed by atoms with van der Waals surface area (Å²) in [6.07, 6.45) is -9.52. The van der Waals surface area contributed by atoms with Crippen molar-refractivity contribution in [2.24, 2.45) is 5.92 Å². The van der Waals surface area contributed by atoms with Crippen molar-refractivity contribution in [2.75, 3.05) is 37.4 Å². The van der Waals surface area contributed by atoms with Crippen LogP contribution in [0.1, 0.15) is 36.1 Å². The van der Waals surface area contributed by atoms with Crippen LogP contribution in [0.25, 0.3) is 0 Å². The Kier molecular flexibility index (Phi) is 11.1. The number of benzene rings is 3. The predicted molar refractivity (Wildman–Crippen MR) is 164 cm³/mol. The van der Waals surface area contributed by atoms with Crippen LogP contribution in [0.3, 0.4) is 0 Å². The van der Waals surface area contributed by atoms with Crippen molar-refractivity contribution >= 4 is 23.3 Å². The molecule has 8 nitrogen and oxygen atoms in total. The molecule has 14 heteroatoms. The zero-order valence-corrected chi connectivity index (χ0v) is 26.0. The van der Waals surface area contributed by atoms with Crippen LogP contribution >= 0.6 is 0 Å². The molecule has 1 aliphatic rings. The summed E-state index contributed by atoms with van der Waals surface area (Å²) in [6.45, 7) is 4.33. The van der Waals surface area contributed by atoms with Crippen LogP contribution in [0.4, 0.5) is 42.5 Å². The zero-order chi connectivity index (χ0) is 34.5. The number of urea groups is 1. The van der Waals surface area contributed by atoms with Gasteiger partial charge in [0.15, 0.2) is 0 Å². The lowest BCUT2D eigenvalue weighted by Gasteiger charge is -2.34. The molecule has 0 bridgehead atoms. The van der Waals surface area contributed by atoms with Gasteiger partial charge in [0.1, 0.15) is 11.9 Å². The van der Waals surface area contributed by atoms with Crippen molar-refractivity contribution in [3.63, 3.8) is 0 Å². The van der Waals surface area contributed by atoms with Crippen LogP contribution in [-0.4, -0.2) is 65.7 Å². The largest absolute Gasteiger partial charge is 0.488 e. The van der Waals surface area contributed by atoms with Gasteiger partial charge < -0.3 is 25.4 Å². The lowest BCUT2D eigenvalue weighted by Crippen LogP contribution is -2.47. The topological polar surface area (TPSA) is 94.1 Å².